The molecule has 0 aliphatic carbocycles. The molecule has 1 amide bonds. The van der Waals surface area contributed by atoms with E-state index in [-0.39, 0.29) is 16.9 Å². The number of para-hydroxylation sites is 2. The number of hydrogen-bond donors (Lipinski definition) is 0. The Morgan fingerprint density at radius 3 is 2.54 bits per heavy atom. The van der Waals surface area contributed by atoms with E-state index < -0.39 is 0 Å². The molecule has 0 radical (unpaired) electrons. The number of methoxy groups -OCH3 is 1. The number of ether oxygens (including phenoxy) is 1. The van der Waals surface area contributed by atoms with Crippen molar-refractivity contribution < 1.29 is 9.53 Å². The van der Waals surface area contributed by atoms with Crippen molar-refractivity contribution in [3.05, 3.63) is 30.1 Å². The van der Waals surface area contributed by atoms with Gasteiger partial charge in [0.1, 0.15) is 11.6 Å². The second kappa shape index (κ2) is 6.61. The average molecular weight is 375 g/mol. The van der Waals surface area contributed by atoms with Crippen molar-refractivity contribution in [2.24, 2.45) is 5.41 Å². The summed E-state index contributed by atoms with van der Waals surface area (Å²) < 4.78 is 7.39. The van der Waals surface area contributed by atoms with Gasteiger partial charge in [-0.3, -0.25) is 9.36 Å². The van der Waals surface area contributed by atoms with Gasteiger partial charge in [0.2, 0.25) is 5.91 Å². The summed E-state index contributed by atoms with van der Waals surface area (Å²) in [4.78, 5) is 14.7. The standard InChI is InChI=1S/C19H26N4O2S/c1-13-20-21-17(23(13)14-9-7-8-10-15(14)25-6)26-11-16(24)22-12-18(2,3)19(22,4)5/h7-10H,11-12H2,1-6H3. The van der Waals surface area contributed by atoms with Gasteiger partial charge in [0, 0.05) is 17.5 Å². The zero-order valence-corrected chi connectivity index (χ0v) is 17.1. The van der Waals surface area contributed by atoms with Gasteiger partial charge in [-0.15, -0.1) is 10.2 Å². The van der Waals surface area contributed by atoms with Crippen molar-refractivity contribution in [3.63, 3.8) is 0 Å². The molecule has 2 heterocycles. The molecule has 1 aliphatic rings. The molecule has 26 heavy (non-hydrogen) atoms. The largest absolute Gasteiger partial charge is 0.495 e. The molecule has 3 rings (SSSR count). The molecule has 0 unspecified atom stereocenters. The monoisotopic (exact) mass is 374 g/mol. The van der Waals surface area contributed by atoms with Crippen LogP contribution < -0.4 is 4.74 Å². The van der Waals surface area contributed by atoms with E-state index in [1.165, 1.54) is 11.8 Å². The number of likely N-dealkylation sites (tertiary alicyclic amines) is 1. The predicted molar refractivity (Wildman–Crippen MR) is 103 cm³/mol. The smallest absolute Gasteiger partial charge is 0.233 e. The van der Waals surface area contributed by atoms with Crippen LogP contribution in [0, 0.1) is 12.3 Å². The van der Waals surface area contributed by atoms with E-state index in [0.717, 1.165) is 23.8 Å². The van der Waals surface area contributed by atoms with Crippen LogP contribution in [0.4, 0.5) is 0 Å². The molecule has 1 aromatic heterocycles. The fourth-order valence-electron chi connectivity index (χ4n) is 3.19. The van der Waals surface area contributed by atoms with Crippen molar-refractivity contribution >= 4 is 17.7 Å². The molecule has 0 N–H and O–H groups in total. The summed E-state index contributed by atoms with van der Waals surface area (Å²) in [6.07, 6.45) is 0. The van der Waals surface area contributed by atoms with Crippen molar-refractivity contribution in [1.29, 1.82) is 0 Å². The van der Waals surface area contributed by atoms with Gasteiger partial charge in [0.15, 0.2) is 5.16 Å². The van der Waals surface area contributed by atoms with E-state index >= 15 is 0 Å². The fourth-order valence-corrected chi connectivity index (χ4v) is 4.06. The van der Waals surface area contributed by atoms with Crippen molar-refractivity contribution in [2.75, 3.05) is 19.4 Å². The van der Waals surface area contributed by atoms with Crippen LogP contribution in [0.1, 0.15) is 33.5 Å². The summed E-state index contributed by atoms with van der Waals surface area (Å²) in [6, 6.07) is 7.73. The maximum atomic E-state index is 12.7. The lowest BCUT2D eigenvalue weighted by molar-refractivity contribution is -0.164. The summed E-state index contributed by atoms with van der Waals surface area (Å²) in [5, 5.41) is 9.14. The van der Waals surface area contributed by atoms with E-state index in [2.05, 4.69) is 37.9 Å². The summed E-state index contributed by atoms with van der Waals surface area (Å²) >= 11 is 1.41. The summed E-state index contributed by atoms with van der Waals surface area (Å²) in [5.74, 6) is 1.97. The normalized spacial score (nSPS) is 17.7. The molecule has 0 atom stereocenters. The van der Waals surface area contributed by atoms with Crippen LogP contribution in [0.3, 0.4) is 0 Å². The highest BCUT2D eigenvalue weighted by Gasteiger charge is 2.54. The third kappa shape index (κ3) is 2.98. The number of rotatable bonds is 5. The molecule has 2 aromatic rings. The number of benzene rings is 1. The van der Waals surface area contributed by atoms with Crippen molar-refractivity contribution in [2.45, 2.75) is 45.3 Å². The van der Waals surface area contributed by atoms with Crippen LogP contribution in [0.15, 0.2) is 29.4 Å². The molecular formula is C19H26N4O2S. The highest BCUT2D eigenvalue weighted by Crippen LogP contribution is 2.46. The van der Waals surface area contributed by atoms with Gasteiger partial charge >= 0.3 is 0 Å². The van der Waals surface area contributed by atoms with E-state index in [0.29, 0.717) is 10.9 Å². The highest BCUT2D eigenvalue weighted by molar-refractivity contribution is 7.99. The number of nitrogens with zero attached hydrogens (tertiary/aromatic N) is 4. The average Bonchev–Trinajstić information content (AvgIpc) is 2.98. The van der Waals surface area contributed by atoms with Crippen molar-refractivity contribution in [1.82, 2.24) is 19.7 Å². The van der Waals surface area contributed by atoms with Gasteiger partial charge in [-0.25, -0.2) is 0 Å². The summed E-state index contributed by atoms with van der Waals surface area (Å²) in [5.41, 5.74) is 0.885. The lowest BCUT2D eigenvalue weighted by Gasteiger charge is -2.61. The molecule has 0 spiro atoms. The minimum Gasteiger partial charge on any atom is -0.495 e. The number of thioether (sulfide) groups is 1. The molecule has 6 nitrogen and oxygen atoms in total. The van der Waals surface area contributed by atoms with Crippen LogP contribution in [0.5, 0.6) is 5.75 Å². The van der Waals surface area contributed by atoms with Crippen LogP contribution in [0.25, 0.3) is 5.69 Å². The van der Waals surface area contributed by atoms with Crippen LogP contribution in [-0.2, 0) is 4.79 Å². The molecule has 1 aliphatic heterocycles. The number of amides is 1. The Hall–Kier alpha value is -2.02. The van der Waals surface area contributed by atoms with Crippen molar-refractivity contribution in [3.8, 4) is 11.4 Å². The molecule has 0 saturated carbocycles. The molecule has 140 valence electrons. The Balaban J connectivity index is 1.78. The Labute approximate surface area is 158 Å². The second-order valence-corrected chi connectivity index (χ2v) is 8.69. The summed E-state index contributed by atoms with van der Waals surface area (Å²) in [6.45, 7) is 11.3. The Bertz CT molecular complexity index is 829. The minimum atomic E-state index is -0.128. The number of hydrogen-bond acceptors (Lipinski definition) is 5. The first-order valence-corrected chi connectivity index (χ1v) is 9.66. The Morgan fingerprint density at radius 1 is 1.23 bits per heavy atom. The zero-order chi connectivity index (χ0) is 19.1. The van der Waals surface area contributed by atoms with Gasteiger partial charge < -0.3 is 9.64 Å². The molecule has 0 bridgehead atoms. The van der Waals surface area contributed by atoms with Gasteiger partial charge in [-0.05, 0) is 32.9 Å². The minimum absolute atomic E-state index is 0.128. The Kier molecular flexibility index (Phi) is 4.77. The second-order valence-electron chi connectivity index (χ2n) is 7.75. The number of aromatic nitrogens is 3. The maximum Gasteiger partial charge on any atom is 0.233 e. The summed E-state index contributed by atoms with van der Waals surface area (Å²) in [7, 11) is 1.64. The Morgan fingerprint density at radius 2 is 1.92 bits per heavy atom. The highest BCUT2D eigenvalue weighted by atomic mass is 32.2. The molecule has 1 aromatic carbocycles. The molecule has 1 saturated heterocycles. The zero-order valence-electron chi connectivity index (χ0n) is 16.2. The van der Waals surface area contributed by atoms with E-state index in [9.17, 15) is 4.79 Å². The van der Waals surface area contributed by atoms with Gasteiger partial charge in [-0.1, -0.05) is 37.7 Å². The van der Waals surface area contributed by atoms with Gasteiger partial charge in [0.05, 0.1) is 18.6 Å². The first-order valence-electron chi connectivity index (χ1n) is 8.68. The number of aryl methyl sites for hydroxylation is 1. The first-order chi connectivity index (χ1) is 12.2. The molecular weight excluding hydrogens is 348 g/mol. The topological polar surface area (TPSA) is 60.2 Å². The number of carbonyl (C=O) groups excluding carboxylic acids is 1. The van der Waals surface area contributed by atoms with Gasteiger partial charge in [0.25, 0.3) is 0 Å². The fraction of sp³-hybridized carbons (Fsp3) is 0.526. The van der Waals surface area contributed by atoms with Crippen LogP contribution in [0.2, 0.25) is 0 Å². The third-order valence-electron chi connectivity index (χ3n) is 5.63. The van der Waals surface area contributed by atoms with E-state index in [1.54, 1.807) is 7.11 Å². The van der Waals surface area contributed by atoms with Gasteiger partial charge in [-0.2, -0.15) is 0 Å². The van der Waals surface area contributed by atoms with Crippen LogP contribution in [-0.4, -0.2) is 50.5 Å². The number of carbonyl (C=O) groups is 1. The quantitative estimate of drug-likeness (QED) is 0.752. The first kappa shape index (κ1) is 18.8. The van der Waals surface area contributed by atoms with E-state index in [1.807, 2.05) is 40.7 Å². The SMILES string of the molecule is COc1ccccc1-n1c(C)nnc1SCC(=O)N1CC(C)(C)C1(C)C. The third-order valence-corrected chi connectivity index (χ3v) is 6.55. The van der Waals surface area contributed by atoms with E-state index in [4.69, 9.17) is 4.74 Å². The maximum absolute atomic E-state index is 12.7. The lowest BCUT2D eigenvalue weighted by Crippen LogP contribution is -2.71. The molecule has 7 heteroatoms. The lowest BCUT2D eigenvalue weighted by atomic mass is 9.65. The predicted octanol–water partition coefficient (Wildman–Crippen LogP) is 3.32. The van der Waals surface area contributed by atoms with Crippen LogP contribution >= 0.6 is 11.8 Å². The molecule has 1 fully saturated rings.